The van der Waals surface area contributed by atoms with Gasteiger partial charge in [0.1, 0.15) is 23.2 Å². The summed E-state index contributed by atoms with van der Waals surface area (Å²) in [5.41, 5.74) is 0. The largest absolute Gasteiger partial charge is 0.478 e. The zero-order chi connectivity index (χ0) is 18.2. The van der Waals surface area contributed by atoms with Crippen LogP contribution in [0.5, 0.6) is 0 Å². The van der Waals surface area contributed by atoms with E-state index in [9.17, 15) is 4.79 Å². The Morgan fingerprint density at radius 2 is 1.04 bits per heavy atom. The van der Waals surface area contributed by atoms with Crippen molar-refractivity contribution in [2.45, 2.75) is 0 Å². The maximum atomic E-state index is 10.8. The maximum Gasteiger partial charge on any atom is 0.328 e. The molecule has 3 rings (SSSR count). The average molecular weight is 359 g/mol. The Bertz CT molecular complexity index is 804. The van der Waals surface area contributed by atoms with E-state index in [1.54, 1.807) is 6.08 Å². The first kappa shape index (κ1) is 17.8. The van der Waals surface area contributed by atoms with Crippen LogP contribution in [0.15, 0.2) is 115 Å². The van der Waals surface area contributed by atoms with Crippen molar-refractivity contribution >= 4 is 29.1 Å². The van der Waals surface area contributed by atoms with Gasteiger partial charge < -0.3 is 5.11 Å². The highest BCUT2D eigenvalue weighted by molar-refractivity contribution is 7.98. The van der Waals surface area contributed by atoms with Crippen LogP contribution in [-0.4, -0.2) is 11.1 Å². The molecular weight excluding hydrogens is 339 g/mol. The van der Waals surface area contributed by atoms with Crippen molar-refractivity contribution < 1.29 is 9.90 Å². The summed E-state index contributed by atoms with van der Waals surface area (Å²) in [6.07, 6.45) is 4.60. The van der Waals surface area contributed by atoms with Crippen LogP contribution in [0.3, 0.4) is 0 Å². The monoisotopic (exact) mass is 359 g/mol. The van der Waals surface area contributed by atoms with Crippen LogP contribution in [0, 0.1) is 0 Å². The van der Waals surface area contributed by atoms with Gasteiger partial charge >= 0.3 is 5.97 Å². The van der Waals surface area contributed by atoms with Crippen LogP contribution in [0.25, 0.3) is 0 Å². The summed E-state index contributed by atoms with van der Waals surface area (Å²) in [7, 11) is -2.04. The summed E-state index contributed by atoms with van der Waals surface area (Å²) >= 11 is 0. The van der Waals surface area contributed by atoms with E-state index in [4.69, 9.17) is 5.11 Å². The van der Waals surface area contributed by atoms with E-state index in [0.717, 1.165) is 6.08 Å². The molecule has 0 saturated heterocycles. The Hall–Kier alpha value is -2.96. The fourth-order valence-electron chi connectivity index (χ4n) is 3.01. The lowest BCUT2D eigenvalue weighted by molar-refractivity contribution is -0.131. The summed E-state index contributed by atoms with van der Waals surface area (Å²) in [5.74, 6) is 1.23. The third-order valence-corrected chi connectivity index (χ3v) is 8.11. The number of carboxylic acids is 1. The SMILES string of the molecule is O=C(O)C=CC=C[P+](c1ccccc1)(c1ccccc1)c1ccccc1. The Morgan fingerprint density at radius 1 is 0.654 bits per heavy atom. The first-order valence-electron chi connectivity index (χ1n) is 8.38. The molecule has 0 saturated carbocycles. The summed E-state index contributed by atoms with van der Waals surface area (Å²) in [6, 6.07) is 31.3. The zero-order valence-electron chi connectivity index (χ0n) is 14.3. The van der Waals surface area contributed by atoms with Gasteiger partial charge in [-0.05, 0) is 42.5 Å². The highest BCUT2D eigenvalue weighted by Gasteiger charge is 2.42. The van der Waals surface area contributed by atoms with Gasteiger partial charge in [0, 0.05) is 6.08 Å². The Labute approximate surface area is 154 Å². The quantitative estimate of drug-likeness (QED) is 0.408. The minimum atomic E-state index is -2.04. The fraction of sp³-hybridized carbons (Fsp3) is 0. The van der Waals surface area contributed by atoms with Crippen LogP contribution in [-0.2, 0) is 4.79 Å². The minimum Gasteiger partial charge on any atom is -0.478 e. The number of benzene rings is 3. The number of hydrogen-bond acceptors (Lipinski definition) is 1. The zero-order valence-corrected chi connectivity index (χ0v) is 15.2. The van der Waals surface area contributed by atoms with Crippen molar-refractivity contribution in [3.05, 3.63) is 115 Å². The maximum absolute atomic E-state index is 10.8. The first-order chi connectivity index (χ1) is 12.7. The topological polar surface area (TPSA) is 37.3 Å². The molecule has 0 atom stereocenters. The number of rotatable bonds is 6. The lowest BCUT2D eigenvalue weighted by Crippen LogP contribution is -2.29. The molecule has 0 aliphatic heterocycles. The van der Waals surface area contributed by atoms with E-state index >= 15 is 0 Å². The van der Waals surface area contributed by atoms with E-state index < -0.39 is 13.2 Å². The van der Waals surface area contributed by atoms with Crippen molar-refractivity contribution in [1.82, 2.24) is 0 Å². The molecule has 0 unspecified atom stereocenters. The van der Waals surface area contributed by atoms with Crippen LogP contribution >= 0.6 is 7.26 Å². The number of allylic oxidation sites excluding steroid dienone is 2. The van der Waals surface area contributed by atoms with Gasteiger partial charge in [0.25, 0.3) is 0 Å². The molecule has 0 aromatic heterocycles. The van der Waals surface area contributed by atoms with E-state index in [1.165, 1.54) is 15.9 Å². The van der Waals surface area contributed by atoms with Crippen LogP contribution in [0.2, 0.25) is 0 Å². The van der Waals surface area contributed by atoms with Gasteiger partial charge in [-0.3, -0.25) is 0 Å². The average Bonchev–Trinajstić information content (AvgIpc) is 2.70. The standard InChI is InChI=1S/C23H19O2P/c24-23(25)18-10-11-19-26(20-12-4-1-5-13-20,21-14-6-2-7-15-21)22-16-8-3-9-17-22/h1-19H/p+1. The molecule has 3 aromatic rings. The molecule has 1 N–H and O–H groups in total. The number of hydrogen-bond donors (Lipinski definition) is 1. The van der Waals surface area contributed by atoms with E-state index in [-0.39, 0.29) is 0 Å². The lowest BCUT2D eigenvalue weighted by Gasteiger charge is -2.23. The highest BCUT2D eigenvalue weighted by atomic mass is 31.2. The van der Waals surface area contributed by atoms with Gasteiger partial charge in [0.05, 0.1) is 5.82 Å². The van der Waals surface area contributed by atoms with E-state index in [0.29, 0.717) is 0 Å². The molecule has 0 radical (unpaired) electrons. The second-order valence-corrected chi connectivity index (χ2v) is 9.06. The van der Waals surface area contributed by atoms with E-state index in [1.807, 2.05) is 24.3 Å². The van der Waals surface area contributed by atoms with E-state index in [2.05, 4.69) is 78.6 Å². The Kier molecular flexibility index (Phi) is 5.78. The van der Waals surface area contributed by atoms with Gasteiger partial charge in [-0.25, -0.2) is 4.79 Å². The molecule has 0 bridgehead atoms. The number of carbonyl (C=O) groups is 1. The van der Waals surface area contributed by atoms with Gasteiger partial charge in [-0.15, -0.1) is 0 Å². The van der Waals surface area contributed by atoms with Crippen molar-refractivity contribution in [2.75, 3.05) is 0 Å². The molecule has 0 aliphatic carbocycles. The fourth-order valence-corrected chi connectivity index (χ4v) is 6.71. The molecule has 0 spiro atoms. The molecule has 128 valence electrons. The third-order valence-electron chi connectivity index (χ3n) is 4.15. The van der Waals surface area contributed by atoms with Gasteiger partial charge in [0.2, 0.25) is 0 Å². The molecule has 0 aliphatic rings. The smallest absolute Gasteiger partial charge is 0.328 e. The molecule has 3 aromatic carbocycles. The molecule has 2 nitrogen and oxygen atoms in total. The number of carboxylic acid groups (broad SMARTS) is 1. The molecular formula is C23H20O2P+. The lowest BCUT2D eigenvalue weighted by atomic mass is 10.4. The second-order valence-electron chi connectivity index (χ2n) is 5.77. The summed E-state index contributed by atoms with van der Waals surface area (Å²) in [5, 5.41) is 12.6. The van der Waals surface area contributed by atoms with Crippen molar-refractivity contribution in [3.63, 3.8) is 0 Å². The number of aliphatic carboxylic acids is 1. The highest BCUT2D eigenvalue weighted by Crippen LogP contribution is 2.56. The summed E-state index contributed by atoms with van der Waals surface area (Å²) < 4.78 is 0. The van der Waals surface area contributed by atoms with Crippen molar-refractivity contribution in [3.8, 4) is 0 Å². The Morgan fingerprint density at radius 3 is 1.38 bits per heavy atom. The predicted octanol–water partition coefficient (Wildman–Crippen LogP) is 4.14. The Balaban J connectivity index is 2.26. The summed E-state index contributed by atoms with van der Waals surface area (Å²) in [6.45, 7) is 0. The minimum absolute atomic E-state index is 0.947. The van der Waals surface area contributed by atoms with Crippen LogP contribution < -0.4 is 15.9 Å². The van der Waals surface area contributed by atoms with Crippen LogP contribution in [0.4, 0.5) is 0 Å². The molecule has 0 heterocycles. The first-order valence-corrected chi connectivity index (χ1v) is 10.2. The normalized spacial score (nSPS) is 11.8. The van der Waals surface area contributed by atoms with Crippen molar-refractivity contribution in [1.29, 1.82) is 0 Å². The molecule has 0 amide bonds. The van der Waals surface area contributed by atoms with Gasteiger partial charge in [0.15, 0.2) is 0 Å². The van der Waals surface area contributed by atoms with Gasteiger partial charge in [-0.1, -0.05) is 60.7 Å². The molecule has 26 heavy (non-hydrogen) atoms. The molecule has 0 fully saturated rings. The third kappa shape index (κ3) is 3.82. The van der Waals surface area contributed by atoms with Crippen molar-refractivity contribution in [2.24, 2.45) is 0 Å². The molecule has 3 heteroatoms. The van der Waals surface area contributed by atoms with Crippen LogP contribution in [0.1, 0.15) is 0 Å². The van der Waals surface area contributed by atoms with Gasteiger partial charge in [-0.2, -0.15) is 0 Å². The predicted molar refractivity (Wildman–Crippen MR) is 111 cm³/mol. The second kappa shape index (κ2) is 8.42. The summed E-state index contributed by atoms with van der Waals surface area (Å²) in [4.78, 5) is 10.8.